The number of carbonyl (C=O) groups is 2. The van der Waals surface area contributed by atoms with E-state index in [1.165, 1.54) is 4.90 Å². The smallest absolute Gasteiger partial charge is 0.328 e. The highest BCUT2D eigenvalue weighted by Gasteiger charge is 2.54. The Morgan fingerprint density at radius 2 is 1.94 bits per heavy atom. The number of methoxy groups -OCH3 is 1. The molecule has 0 aromatic heterocycles. The number of fused-ring (bicyclic) bond motifs is 3. The maximum Gasteiger partial charge on any atom is 0.328 e. The summed E-state index contributed by atoms with van der Waals surface area (Å²) in [7, 11) is 3.32. The minimum Gasteiger partial charge on any atom is -0.497 e. The maximum absolute atomic E-state index is 13.4. The van der Waals surface area contributed by atoms with Gasteiger partial charge in [0.1, 0.15) is 5.75 Å². The number of benzene rings is 2. The molecule has 2 fully saturated rings. The van der Waals surface area contributed by atoms with Crippen molar-refractivity contribution in [3.63, 3.8) is 0 Å². The second-order valence-corrected chi connectivity index (χ2v) is 8.22. The number of guanidine groups is 1. The number of hydrogen-bond acceptors (Lipinski definition) is 6. The number of amides is 3. The summed E-state index contributed by atoms with van der Waals surface area (Å²) in [5, 5.41) is 0.570. The largest absolute Gasteiger partial charge is 0.497 e. The molecule has 0 saturated carbocycles. The van der Waals surface area contributed by atoms with Crippen molar-refractivity contribution >= 4 is 35.2 Å². The van der Waals surface area contributed by atoms with Crippen LogP contribution in [-0.4, -0.2) is 72.1 Å². The number of imide groups is 1. The number of hydrogen-bond donors (Lipinski definition) is 0. The van der Waals surface area contributed by atoms with Crippen LogP contribution in [0, 0.1) is 0 Å². The number of halogens is 1. The maximum atomic E-state index is 13.4. The fourth-order valence-electron chi connectivity index (χ4n) is 4.42. The van der Waals surface area contributed by atoms with Crippen LogP contribution < -0.4 is 9.64 Å². The lowest BCUT2D eigenvalue weighted by molar-refractivity contribution is -0.137. The van der Waals surface area contributed by atoms with Gasteiger partial charge in [-0.3, -0.25) is 9.69 Å². The molecule has 3 aliphatic heterocycles. The first-order chi connectivity index (χ1) is 15.0. The van der Waals surface area contributed by atoms with Gasteiger partial charge in [-0.05, 0) is 29.8 Å². The fourth-order valence-corrected chi connectivity index (χ4v) is 4.64. The fraction of sp³-hybridized carbons (Fsp3) is 0.318. The zero-order valence-electron chi connectivity index (χ0n) is 17.2. The van der Waals surface area contributed by atoms with Crippen molar-refractivity contribution in [2.45, 2.75) is 18.8 Å². The number of rotatable bonds is 4. The second kappa shape index (κ2) is 7.46. The van der Waals surface area contributed by atoms with Crippen molar-refractivity contribution in [3.8, 4) is 5.75 Å². The lowest BCUT2D eigenvalue weighted by Crippen LogP contribution is -2.64. The molecule has 0 spiro atoms. The average molecular weight is 440 g/mol. The van der Waals surface area contributed by atoms with Gasteiger partial charge in [-0.1, -0.05) is 29.8 Å². The summed E-state index contributed by atoms with van der Waals surface area (Å²) in [6, 6.07) is 14.0. The highest BCUT2D eigenvalue weighted by Crippen LogP contribution is 2.34. The number of carbonyl (C=O) groups excluding carboxylic acids is 2. The predicted molar refractivity (Wildman–Crippen MR) is 117 cm³/mol. The Bertz CT molecular complexity index is 1090. The molecule has 0 bridgehead atoms. The standard InChI is InChI=1S/C22H22ClN5O3/c1-25-19-18(20(29)28(22(25)30)13-14-5-3-6-15(23)11-14)27-10-9-26(21(27)24-19)16-7-4-8-17(12-16)31-2/h3-8,11-12,18-19H,9-10,13H2,1-2H3. The van der Waals surface area contributed by atoms with Crippen LogP contribution in [0.2, 0.25) is 5.02 Å². The second-order valence-electron chi connectivity index (χ2n) is 7.78. The summed E-state index contributed by atoms with van der Waals surface area (Å²) in [4.78, 5) is 38.1. The Balaban J connectivity index is 1.43. The Morgan fingerprint density at radius 3 is 2.71 bits per heavy atom. The van der Waals surface area contributed by atoms with Gasteiger partial charge in [0.05, 0.1) is 13.7 Å². The van der Waals surface area contributed by atoms with E-state index in [0.29, 0.717) is 24.1 Å². The van der Waals surface area contributed by atoms with Gasteiger partial charge in [0.15, 0.2) is 12.2 Å². The molecule has 3 heterocycles. The molecule has 2 unspecified atom stereocenters. The SMILES string of the molecule is COc1cccc(N2CCN3C2=NC2C3C(=O)N(Cc3cccc(Cl)c3)C(=O)N2C)c1. The van der Waals surface area contributed by atoms with E-state index in [2.05, 4.69) is 4.90 Å². The number of anilines is 1. The highest BCUT2D eigenvalue weighted by molar-refractivity contribution is 6.30. The molecule has 0 N–H and O–H groups in total. The normalized spacial score (nSPS) is 22.6. The Morgan fingerprint density at radius 1 is 1.13 bits per heavy atom. The lowest BCUT2D eigenvalue weighted by Gasteiger charge is -2.40. The summed E-state index contributed by atoms with van der Waals surface area (Å²) in [5.41, 5.74) is 1.75. The number of nitrogens with zero attached hydrogens (tertiary/aromatic N) is 5. The third kappa shape index (κ3) is 3.18. The van der Waals surface area contributed by atoms with Crippen LogP contribution in [-0.2, 0) is 11.3 Å². The molecule has 3 aliphatic rings. The molecule has 2 atom stereocenters. The Hall–Kier alpha value is -3.26. The van der Waals surface area contributed by atoms with Gasteiger partial charge in [0.25, 0.3) is 5.91 Å². The first kappa shape index (κ1) is 19.7. The summed E-state index contributed by atoms with van der Waals surface area (Å²) < 4.78 is 5.34. The van der Waals surface area contributed by atoms with Gasteiger partial charge in [-0.15, -0.1) is 0 Å². The Kier molecular flexibility index (Phi) is 4.74. The topological polar surface area (TPSA) is 68.7 Å². The van der Waals surface area contributed by atoms with E-state index in [1.807, 2.05) is 41.3 Å². The van der Waals surface area contributed by atoms with E-state index in [1.54, 1.807) is 31.2 Å². The summed E-state index contributed by atoms with van der Waals surface area (Å²) in [6.45, 7) is 1.53. The van der Waals surface area contributed by atoms with E-state index in [0.717, 1.165) is 17.0 Å². The van der Waals surface area contributed by atoms with E-state index in [-0.39, 0.29) is 18.5 Å². The van der Waals surface area contributed by atoms with Crippen LogP contribution in [0.3, 0.4) is 0 Å². The summed E-state index contributed by atoms with van der Waals surface area (Å²) in [5.74, 6) is 1.23. The first-order valence-corrected chi connectivity index (χ1v) is 10.4. The minimum absolute atomic E-state index is 0.175. The quantitative estimate of drug-likeness (QED) is 0.732. The molecular weight excluding hydrogens is 418 g/mol. The van der Waals surface area contributed by atoms with E-state index in [4.69, 9.17) is 21.3 Å². The van der Waals surface area contributed by atoms with Crippen molar-refractivity contribution in [2.24, 2.45) is 4.99 Å². The molecule has 8 nitrogen and oxygen atoms in total. The van der Waals surface area contributed by atoms with Gasteiger partial charge >= 0.3 is 6.03 Å². The van der Waals surface area contributed by atoms with Crippen molar-refractivity contribution in [1.82, 2.24) is 14.7 Å². The number of likely N-dealkylation sites (N-methyl/N-ethyl adjacent to an activating group) is 1. The van der Waals surface area contributed by atoms with Crippen molar-refractivity contribution in [3.05, 3.63) is 59.1 Å². The molecular formula is C22H22ClN5O3. The monoisotopic (exact) mass is 439 g/mol. The van der Waals surface area contributed by atoms with Gasteiger partial charge in [0, 0.05) is 36.9 Å². The highest BCUT2D eigenvalue weighted by atomic mass is 35.5. The molecule has 160 valence electrons. The third-order valence-electron chi connectivity index (χ3n) is 5.97. The average Bonchev–Trinajstić information content (AvgIpc) is 3.35. The zero-order valence-corrected chi connectivity index (χ0v) is 18.0. The molecule has 31 heavy (non-hydrogen) atoms. The van der Waals surface area contributed by atoms with Crippen molar-refractivity contribution < 1.29 is 14.3 Å². The number of urea groups is 1. The van der Waals surface area contributed by atoms with Crippen LogP contribution in [0.15, 0.2) is 53.5 Å². The molecule has 0 radical (unpaired) electrons. The minimum atomic E-state index is -0.543. The molecule has 2 saturated heterocycles. The molecule has 5 rings (SSSR count). The van der Waals surface area contributed by atoms with E-state index >= 15 is 0 Å². The lowest BCUT2D eigenvalue weighted by atomic mass is 10.1. The molecule has 2 aromatic carbocycles. The van der Waals surface area contributed by atoms with Crippen LogP contribution in [0.25, 0.3) is 0 Å². The summed E-state index contributed by atoms with van der Waals surface area (Å²) >= 11 is 6.08. The van der Waals surface area contributed by atoms with Gasteiger partial charge in [-0.25, -0.2) is 9.79 Å². The van der Waals surface area contributed by atoms with Gasteiger partial charge in [-0.2, -0.15) is 0 Å². The zero-order chi connectivity index (χ0) is 21.7. The van der Waals surface area contributed by atoms with Crippen LogP contribution >= 0.6 is 11.6 Å². The van der Waals surface area contributed by atoms with Crippen LogP contribution in [0.5, 0.6) is 5.75 Å². The van der Waals surface area contributed by atoms with E-state index in [9.17, 15) is 9.59 Å². The first-order valence-electron chi connectivity index (χ1n) is 10.1. The van der Waals surface area contributed by atoms with Crippen molar-refractivity contribution in [1.29, 1.82) is 0 Å². The molecule has 0 aliphatic carbocycles. The molecule has 9 heteroatoms. The van der Waals surface area contributed by atoms with Crippen LogP contribution in [0.4, 0.5) is 10.5 Å². The van der Waals surface area contributed by atoms with Crippen molar-refractivity contribution in [2.75, 3.05) is 32.1 Å². The van der Waals surface area contributed by atoms with Gasteiger partial charge < -0.3 is 19.4 Å². The Labute approximate surface area is 185 Å². The van der Waals surface area contributed by atoms with E-state index < -0.39 is 12.2 Å². The summed E-state index contributed by atoms with van der Waals surface area (Å²) in [6.07, 6.45) is -0.543. The number of ether oxygens (including phenoxy) is 1. The molecule has 2 aromatic rings. The predicted octanol–water partition coefficient (Wildman–Crippen LogP) is 2.63. The number of aliphatic imine (C=N–C) groups is 1. The van der Waals surface area contributed by atoms with Crippen LogP contribution in [0.1, 0.15) is 5.56 Å². The van der Waals surface area contributed by atoms with Gasteiger partial charge in [0.2, 0.25) is 5.96 Å². The molecule has 3 amide bonds. The third-order valence-corrected chi connectivity index (χ3v) is 6.21.